The van der Waals surface area contributed by atoms with E-state index in [0.717, 1.165) is 11.1 Å². The number of benzene rings is 1. The summed E-state index contributed by atoms with van der Waals surface area (Å²) in [6.07, 6.45) is 0.532. The Hall–Kier alpha value is -1.55. The molecule has 17 heavy (non-hydrogen) atoms. The van der Waals surface area contributed by atoms with E-state index >= 15 is 0 Å². The predicted octanol–water partition coefficient (Wildman–Crippen LogP) is 2.07. The molecule has 0 aromatic heterocycles. The number of aromatic hydroxyl groups is 1. The van der Waals surface area contributed by atoms with Crippen LogP contribution in [-0.4, -0.2) is 16.6 Å². The summed E-state index contributed by atoms with van der Waals surface area (Å²) in [6, 6.07) is 3.58. The molecule has 1 rings (SSSR count). The number of rotatable bonds is 3. The van der Waals surface area contributed by atoms with Crippen molar-refractivity contribution in [3.05, 3.63) is 23.3 Å². The lowest BCUT2D eigenvalue weighted by Gasteiger charge is -2.22. The van der Waals surface area contributed by atoms with E-state index in [1.807, 2.05) is 19.9 Å². The minimum absolute atomic E-state index is 0.0934. The molecule has 1 amide bonds. The fourth-order valence-corrected chi connectivity index (χ4v) is 1.48. The second-order valence-electron chi connectivity index (χ2n) is 4.70. The smallest absolute Gasteiger partial charge is 0.244 e. The van der Waals surface area contributed by atoms with Gasteiger partial charge in [-0.3, -0.25) is 4.79 Å². The molecular formula is C13H20N2O2. The van der Waals surface area contributed by atoms with Crippen LogP contribution in [0, 0.1) is 13.8 Å². The highest BCUT2D eigenvalue weighted by Crippen LogP contribution is 2.29. The van der Waals surface area contributed by atoms with E-state index in [9.17, 15) is 9.90 Å². The van der Waals surface area contributed by atoms with Gasteiger partial charge in [0.15, 0.2) is 0 Å². The Labute approximate surface area is 102 Å². The summed E-state index contributed by atoms with van der Waals surface area (Å²) in [7, 11) is 0. The van der Waals surface area contributed by atoms with Crippen LogP contribution in [0.25, 0.3) is 0 Å². The van der Waals surface area contributed by atoms with Gasteiger partial charge in [0.1, 0.15) is 5.75 Å². The van der Waals surface area contributed by atoms with Crippen LogP contribution in [0.2, 0.25) is 0 Å². The number of hydrogen-bond donors (Lipinski definition) is 3. The van der Waals surface area contributed by atoms with Crippen molar-refractivity contribution in [3.63, 3.8) is 0 Å². The molecule has 0 radical (unpaired) electrons. The molecule has 94 valence electrons. The van der Waals surface area contributed by atoms with Crippen molar-refractivity contribution in [1.29, 1.82) is 0 Å². The summed E-state index contributed by atoms with van der Waals surface area (Å²) >= 11 is 0. The molecule has 1 aromatic rings. The Morgan fingerprint density at radius 2 is 2.06 bits per heavy atom. The van der Waals surface area contributed by atoms with E-state index in [1.54, 1.807) is 19.9 Å². The minimum atomic E-state index is -0.926. The molecule has 0 aliphatic carbocycles. The second-order valence-corrected chi connectivity index (χ2v) is 4.70. The standard InChI is InChI=1S/C13H20N2O2/c1-5-13(4,14)12(17)15-10-7-8(2)6-9(3)11(10)16/h6-7,16H,5,14H2,1-4H3,(H,15,17). The molecule has 4 N–H and O–H groups in total. The maximum Gasteiger partial charge on any atom is 0.244 e. The number of carbonyl (C=O) groups is 1. The van der Waals surface area contributed by atoms with Gasteiger partial charge in [0.25, 0.3) is 0 Å². The maximum absolute atomic E-state index is 11.9. The minimum Gasteiger partial charge on any atom is -0.505 e. The zero-order chi connectivity index (χ0) is 13.2. The van der Waals surface area contributed by atoms with Gasteiger partial charge in [-0.15, -0.1) is 0 Å². The van der Waals surface area contributed by atoms with Crippen LogP contribution >= 0.6 is 0 Å². The molecule has 0 fully saturated rings. The van der Waals surface area contributed by atoms with E-state index in [2.05, 4.69) is 5.32 Å². The molecule has 0 aliphatic heterocycles. The van der Waals surface area contributed by atoms with Gasteiger partial charge in [-0.2, -0.15) is 0 Å². The normalized spacial score (nSPS) is 14.2. The molecule has 0 heterocycles. The number of phenols is 1. The van der Waals surface area contributed by atoms with Gasteiger partial charge in [0, 0.05) is 0 Å². The molecule has 0 saturated heterocycles. The van der Waals surface area contributed by atoms with E-state index < -0.39 is 5.54 Å². The number of hydrogen-bond acceptors (Lipinski definition) is 3. The number of nitrogens with two attached hydrogens (primary N) is 1. The molecule has 1 aromatic carbocycles. The highest BCUT2D eigenvalue weighted by atomic mass is 16.3. The largest absolute Gasteiger partial charge is 0.505 e. The van der Waals surface area contributed by atoms with Crippen LogP contribution < -0.4 is 11.1 Å². The van der Waals surface area contributed by atoms with Gasteiger partial charge in [-0.05, 0) is 44.4 Å². The molecule has 1 atom stereocenters. The van der Waals surface area contributed by atoms with Gasteiger partial charge >= 0.3 is 0 Å². The van der Waals surface area contributed by atoms with Crippen LogP contribution in [0.1, 0.15) is 31.4 Å². The van der Waals surface area contributed by atoms with Crippen LogP contribution in [0.3, 0.4) is 0 Å². The van der Waals surface area contributed by atoms with Crippen molar-refractivity contribution in [2.24, 2.45) is 5.73 Å². The number of phenolic OH excluding ortho intramolecular Hbond substituents is 1. The predicted molar refractivity (Wildman–Crippen MR) is 69.1 cm³/mol. The lowest BCUT2D eigenvalue weighted by Crippen LogP contribution is -2.47. The third-order valence-corrected chi connectivity index (χ3v) is 2.95. The molecule has 0 spiro atoms. The Balaban J connectivity index is 3.00. The first-order valence-corrected chi connectivity index (χ1v) is 5.68. The maximum atomic E-state index is 11.9. The van der Waals surface area contributed by atoms with Crippen LogP contribution in [0.5, 0.6) is 5.75 Å². The average Bonchev–Trinajstić information content (AvgIpc) is 2.25. The number of carbonyl (C=O) groups excluding carboxylic acids is 1. The second kappa shape index (κ2) is 4.75. The number of anilines is 1. The Kier molecular flexibility index (Phi) is 3.78. The number of amides is 1. The molecule has 4 nitrogen and oxygen atoms in total. The van der Waals surface area contributed by atoms with Gasteiger partial charge in [-0.1, -0.05) is 13.0 Å². The van der Waals surface area contributed by atoms with Crippen molar-refractivity contribution in [2.45, 2.75) is 39.7 Å². The Morgan fingerprint density at radius 1 is 1.47 bits per heavy atom. The van der Waals surface area contributed by atoms with Crippen molar-refractivity contribution in [2.75, 3.05) is 5.32 Å². The Morgan fingerprint density at radius 3 is 2.59 bits per heavy atom. The molecule has 1 unspecified atom stereocenters. The summed E-state index contributed by atoms with van der Waals surface area (Å²) < 4.78 is 0. The monoisotopic (exact) mass is 236 g/mol. The lowest BCUT2D eigenvalue weighted by molar-refractivity contribution is -0.120. The highest BCUT2D eigenvalue weighted by molar-refractivity contribution is 5.98. The third-order valence-electron chi connectivity index (χ3n) is 2.95. The lowest BCUT2D eigenvalue weighted by atomic mass is 9.99. The quantitative estimate of drug-likeness (QED) is 0.703. The van der Waals surface area contributed by atoms with Crippen molar-refractivity contribution in [3.8, 4) is 5.75 Å². The third kappa shape index (κ3) is 2.97. The summed E-state index contributed by atoms with van der Waals surface area (Å²) in [4.78, 5) is 11.9. The van der Waals surface area contributed by atoms with Crippen molar-refractivity contribution >= 4 is 11.6 Å². The van der Waals surface area contributed by atoms with Crippen LogP contribution in [0.4, 0.5) is 5.69 Å². The summed E-state index contributed by atoms with van der Waals surface area (Å²) in [5.74, 6) is -0.198. The SMILES string of the molecule is CCC(C)(N)C(=O)Nc1cc(C)cc(C)c1O. The zero-order valence-corrected chi connectivity index (χ0v) is 10.8. The number of nitrogens with one attached hydrogen (secondary N) is 1. The van der Waals surface area contributed by atoms with Gasteiger partial charge in [0.2, 0.25) is 5.91 Å². The van der Waals surface area contributed by atoms with E-state index in [-0.39, 0.29) is 11.7 Å². The van der Waals surface area contributed by atoms with E-state index in [1.165, 1.54) is 0 Å². The van der Waals surface area contributed by atoms with Gasteiger partial charge in [-0.25, -0.2) is 0 Å². The zero-order valence-electron chi connectivity index (χ0n) is 10.8. The molecule has 0 aliphatic rings. The number of aryl methyl sites for hydroxylation is 2. The molecule has 4 heteroatoms. The van der Waals surface area contributed by atoms with Crippen molar-refractivity contribution in [1.82, 2.24) is 0 Å². The van der Waals surface area contributed by atoms with Crippen LogP contribution in [-0.2, 0) is 4.79 Å². The fraction of sp³-hybridized carbons (Fsp3) is 0.462. The van der Waals surface area contributed by atoms with E-state index in [4.69, 9.17) is 5.73 Å². The Bertz CT molecular complexity index is 439. The first-order valence-electron chi connectivity index (χ1n) is 5.68. The van der Waals surface area contributed by atoms with Crippen LogP contribution in [0.15, 0.2) is 12.1 Å². The van der Waals surface area contributed by atoms with Gasteiger partial charge < -0.3 is 16.2 Å². The van der Waals surface area contributed by atoms with Crippen molar-refractivity contribution < 1.29 is 9.90 Å². The summed E-state index contributed by atoms with van der Waals surface area (Å²) in [5, 5.41) is 12.5. The average molecular weight is 236 g/mol. The topological polar surface area (TPSA) is 75.4 Å². The summed E-state index contributed by atoms with van der Waals surface area (Å²) in [5.41, 5.74) is 7.04. The van der Waals surface area contributed by atoms with E-state index in [0.29, 0.717) is 12.1 Å². The van der Waals surface area contributed by atoms with Gasteiger partial charge in [0.05, 0.1) is 11.2 Å². The fourth-order valence-electron chi connectivity index (χ4n) is 1.48. The molecule has 0 bridgehead atoms. The molecule has 0 saturated carbocycles. The molecular weight excluding hydrogens is 216 g/mol. The highest BCUT2D eigenvalue weighted by Gasteiger charge is 2.26. The first kappa shape index (κ1) is 13.5. The first-order chi connectivity index (χ1) is 7.77. The summed E-state index contributed by atoms with van der Waals surface area (Å²) in [6.45, 7) is 7.21.